The van der Waals surface area contributed by atoms with E-state index in [1.165, 1.54) is 12.8 Å². The van der Waals surface area contributed by atoms with E-state index in [4.69, 9.17) is 5.73 Å². The summed E-state index contributed by atoms with van der Waals surface area (Å²) in [5.41, 5.74) is 6.49. The number of aliphatic hydroxyl groups is 1. The lowest BCUT2D eigenvalue weighted by atomic mass is 9.96. The second-order valence-electron chi connectivity index (χ2n) is 5.36. The molecule has 0 aromatic rings. The SMILES string of the molecule is C=C(CCC(CO)C/C=C\N)N1C=CCC(CC)C1. The Hall–Kier alpha value is -1.22. The van der Waals surface area contributed by atoms with Crippen LogP contribution in [0.4, 0.5) is 0 Å². The van der Waals surface area contributed by atoms with Crippen molar-refractivity contribution >= 4 is 0 Å². The average Bonchev–Trinajstić information content (AvgIpc) is 2.47. The Morgan fingerprint density at radius 3 is 3.05 bits per heavy atom. The maximum absolute atomic E-state index is 9.32. The zero-order valence-corrected chi connectivity index (χ0v) is 12.1. The molecule has 0 aromatic carbocycles. The standard InChI is InChI=1S/C16H28N2O/c1-3-15-7-5-11-18(12-15)14(2)8-9-16(13-19)6-4-10-17/h4-5,10-11,15-16,19H,2-3,6-9,12-13,17H2,1H3/b10-4-. The smallest absolute Gasteiger partial charge is 0.0462 e. The fourth-order valence-electron chi connectivity index (χ4n) is 2.39. The van der Waals surface area contributed by atoms with Gasteiger partial charge in [0.15, 0.2) is 0 Å². The minimum atomic E-state index is 0.213. The summed E-state index contributed by atoms with van der Waals surface area (Å²) in [5, 5.41) is 9.32. The van der Waals surface area contributed by atoms with Gasteiger partial charge in [-0.2, -0.15) is 0 Å². The van der Waals surface area contributed by atoms with Gasteiger partial charge >= 0.3 is 0 Å². The molecule has 1 aliphatic rings. The Labute approximate surface area is 117 Å². The van der Waals surface area contributed by atoms with Crippen molar-refractivity contribution in [1.29, 1.82) is 0 Å². The fourth-order valence-corrected chi connectivity index (χ4v) is 2.39. The average molecular weight is 264 g/mol. The largest absolute Gasteiger partial charge is 0.405 e. The summed E-state index contributed by atoms with van der Waals surface area (Å²) in [6, 6.07) is 0. The van der Waals surface area contributed by atoms with Crippen LogP contribution in [0.15, 0.2) is 36.8 Å². The Balaban J connectivity index is 2.37. The van der Waals surface area contributed by atoms with E-state index >= 15 is 0 Å². The quantitative estimate of drug-likeness (QED) is 0.708. The number of allylic oxidation sites excluding steroid dienone is 3. The molecule has 0 saturated carbocycles. The molecular formula is C16H28N2O. The molecule has 1 heterocycles. The highest BCUT2D eigenvalue weighted by atomic mass is 16.3. The van der Waals surface area contributed by atoms with Crippen LogP contribution in [0.1, 0.15) is 39.0 Å². The van der Waals surface area contributed by atoms with Crippen molar-refractivity contribution in [3.63, 3.8) is 0 Å². The maximum Gasteiger partial charge on any atom is 0.0462 e. The molecule has 0 radical (unpaired) electrons. The van der Waals surface area contributed by atoms with Gasteiger partial charge in [-0.3, -0.25) is 0 Å². The summed E-state index contributed by atoms with van der Waals surface area (Å²) < 4.78 is 0. The third kappa shape index (κ3) is 5.52. The first-order valence-electron chi connectivity index (χ1n) is 7.29. The Kier molecular flexibility index (Phi) is 7.34. The molecule has 3 nitrogen and oxygen atoms in total. The third-order valence-electron chi connectivity index (χ3n) is 3.90. The lowest BCUT2D eigenvalue weighted by molar-refractivity contribution is 0.216. The van der Waals surface area contributed by atoms with Crippen LogP contribution >= 0.6 is 0 Å². The molecule has 0 spiro atoms. The summed E-state index contributed by atoms with van der Waals surface area (Å²) >= 11 is 0. The number of aliphatic hydroxyl groups excluding tert-OH is 1. The fraction of sp³-hybridized carbons (Fsp3) is 0.625. The third-order valence-corrected chi connectivity index (χ3v) is 3.90. The van der Waals surface area contributed by atoms with Gasteiger partial charge in [0.1, 0.15) is 0 Å². The molecule has 2 atom stereocenters. The molecule has 2 unspecified atom stereocenters. The van der Waals surface area contributed by atoms with E-state index in [1.807, 2.05) is 6.08 Å². The van der Waals surface area contributed by atoms with Crippen LogP contribution in [0, 0.1) is 11.8 Å². The molecule has 19 heavy (non-hydrogen) atoms. The Morgan fingerprint density at radius 1 is 1.63 bits per heavy atom. The van der Waals surface area contributed by atoms with Gasteiger partial charge in [0.05, 0.1) is 0 Å². The molecule has 0 saturated heterocycles. The molecule has 3 N–H and O–H groups in total. The van der Waals surface area contributed by atoms with Gasteiger partial charge in [0.2, 0.25) is 0 Å². The van der Waals surface area contributed by atoms with Gasteiger partial charge in [0.25, 0.3) is 0 Å². The topological polar surface area (TPSA) is 49.5 Å². The van der Waals surface area contributed by atoms with Crippen molar-refractivity contribution < 1.29 is 5.11 Å². The summed E-state index contributed by atoms with van der Waals surface area (Å²) in [7, 11) is 0. The van der Waals surface area contributed by atoms with E-state index in [0.717, 1.165) is 37.4 Å². The molecule has 0 bridgehead atoms. The van der Waals surface area contributed by atoms with Gasteiger partial charge < -0.3 is 15.7 Å². The number of hydrogen-bond acceptors (Lipinski definition) is 3. The van der Waals surface area contributed by atoms with Crippen molar-refractivity contribution in [3.8, 4) is 0 Å². The summed E-state index contributed by atoms with van der Waals surface area (Å²) in [6.07, 6.45) is 13.0. The monoisotopic (exact) mass is 264 g/mol. The zero-order valence-electron chi connectivity index (χ0n) is 12.1. The van der Waals surface area contributed by atoms with Crippen LogP contribution in [0.2, 0.25) is 0 Å². The van der Waals surface area contributed by atoms with Gasteiger partial charge in [-0.05, 0) is 49.9 Å². The van der Waals surface area contributed by atoms with E-state index in [-0.39, 0.29) is 12.5 Å². The molecule has 108 valence electrons. The normalized spacial score (nSPS) is 20.9. The molecule has 1 aliphatic heterocycles. The second kappa shape index (κ2) is 8.81. The highest BCUT2D eigenvalue weighted by Crippen LogP contribution is 2.23. The maximum atomic E-state index is 9.32. The van der Waals surface area contributed by atoms with Gasteiger partial charge in [-0.25, -0.2) is 0 Å². The van der Waals surface area contributed by atoms with Crippen LogP contribution in [0.25, 0.3) is 0 Å². The molecule has 3 heteroatoms. The van der Waals surface area contributed by atoms with Gasteiger partial charge in [-0.15, -0.1) is 0 Å². The Morgan fingerprint density at radius 2 is 2.42 bits per heavy atom. The lowest BCUT2D eigenvalue weighted by Crippen LogP contribution is -2.27. The van der Waals surface area contributed by atoms with Crippen molar-refractivity contribution in [1.82, 2.24) is 4.90 Å². The summed E-state index contributed by atoms with van der Waals surface area (Å²) in [5.74, 6) is 1.03. The number of nitrogens with two attached hydrogens (primary N) is 1. The van der Waals surface area contributed by atoms with E-state index < -0.39 is 0 Å². The van der Waals surface area contributed by atoms with Crippen molar-refractivity contribution in [3.05, 3.63) is 36.8 Å². The van der Waals surface area contributed by atoms with E-state index in [1.54, 1.807) is 6.20 Å². The van der Waals surface area contributed by atoms with Crippen molar-refractivity contribution in [2.24, 2.45) is 17.6 Å². The first-order valence-corrected chi connectivity index (χ1v) is 7.29. The van der Waals surface area contributed by atoms with E-state index in [0.29, 0.717) is 0 Å². The van der Waals surface area contributed by atoms with Crippen LogP contribution in [-0.2, 0) is 0 Å². The highest BCUT2D eigenvalue weighted by molar-refractivity contribution is 5.05. The molecule has 0 aromatic heterocycles. The second-order valence-corrected chi connectivity index (χ2v) is 5.36. The minimum Gasteiger partial charge on any atom is -0.405 e. The van der Waals surface area contributed by atoms with Crippen LogP contribution in [0.5, 0.6) is 0 Å². The summed E-state index contributed by atoms with van der Waals surface area (Å²) in [4.78, 5) is 2.27. The van der Waals surface area contributed by atoms with Gasteiger partial charge in [0, 0.05) is 18.8 Å². The predicted molar refractivity (Wildman–Crippen MR) is 81.1 cm³/mol. The van der Waals surface area contributed by atoms with Crippen LogP contribution in [-0.4, -0.2) is 23.2 Å². The molecule has 0 amide bonds. The Bertz CT molecular complexity index is 323. The van der Waals surface area contributed by atoms with E-state index in [2.05, 4.69) is 30.7 Å². The van der Waals surface area contributed by atoms with Crippen molar-refractivity contribution in [2.75, 3.05) is 13.2 Å². The van der Waals surface area contributed by atoms with Crippen molar-refractivity contribution in [2.45, 2.75) is 39.0 Å². The predicted octanol–water partition coefficient (Wildman–Crippen LogP) is 3.00. The highest BCUT2D eigenvalue weighted by Gasteiger charge is 2.16. The minimum absolute atomic E-state index is 0.213. The molecule has 0 aliphatic carbocycles. The van der Waals surface area contributed by atoms with E-state index in [9.17, 15) is 5.11 Å². The van der Waals surface area contributed by atoms with Crippen LogP contribution < -0.4 is 5.73 Å². The lowest BCUT2D eigenvalue weighted by Gasteiger charge is -2.31. The molecule has 1 rings (SSSR count). The molecular weight excluding hydrogens is 236 g/mol. The molecule has 0 fully saturated rings. The first kappa shape index (κ1) is 15.8. The van der Waals surface area contributed by atoms with Crippen LogP contribution in [0.3, 0.4) is 0 Å². The number of nitrogens with zero attached hydrogens (tertiary/aromatic N) is 1. The number of hydrogen-bond donors (Lipinski definition) is 2. The zero-order chi connectivity index (χ0) is 14.1. The van der Waals surface area contributed by atoms with Gasteiger partial charge in [-0.1, -0.05) is 32.1 Å². The first-order chi connectivity index (χ1) is 9.21. The summed E-state index contributed by atoms with van der Waals surface area (Å²) in [6.45, 7) is 7.72. The number of rotatable bonds is 8.